The highest BCUT2D eigenvalue weighted by Crippen LogP contribution is 1.98. The molecule has 0 aliphatic rings. The molecule has 0 bridgehead atoms. The van der Waals surface area contributed by atoms with Gasteiger partial charge in [-0.15, -0.1) is 0 Å². The molecule has 0 aliphatic heterocycles. The van der Waals surface area contributed by atoms with Gasteiger partial charge in [0.05, 0.1) is 0 Å². The summed E-state index contributed by atoms with van der Waals surface area (Å²) in [5.41, 5.74) is 5.47. The Labute approximate surface area is 70.1 Å². The highest BCUT2D eigenvalue weighted by molar-refractivity contribution is 5.95. The smallest absolute Gasteiger partial charge is 0.244 e. The minimum Gasteiger partial charge on any atom is -0.366 e. The molecular weight excluding hydrogens is 154 g/mol. The molecule has 0 saturated heterocycles. The molecule has 4 nitrogen and oxygen atoms in total. The summed E-state index contributed by atoms with van der Waals surface area (Å²) in [4.78, 5) is 18.4. The van der Waals surface area contributed by atoms with Crippen molar-refractivity contribution in [2.24, 2.45) is 5.73 Å². The zero-order valence-corrected chi connectivity index (χ0v) is 6.69. The molecule has 62 valence electrons. The van der Waals surface area contributed by atoms with E-state index in [0.717, 1.165) is 0 Å². The van der Waals surface area contributed by atoms with Gasteiger partial charge in [-0.1, -0.05) is 0 Å². The van der Waals surface area contributed by atoms with E-state index in [2.05, 4.69) is 9.97 Å². The monoisotopic (exact) mass is 163 g/mol. The van der Waals surface area contributed by atoms with Gasteiger partial charge in [0.2, 0.25) is 5.91 Å². The van der Waals surface area contributed by atoms with Crippen LogP contribution in [0.3, 0.4) is 0 Å². The normalized spacial score (nSPS) is 11.2. The van der Waals surface area contributed by atoms with E-state index in [1.807, 2.05) is 0 Å². The van der Waals surface area contributed by atoms with Gasteiger partial charge in [-0.2, -0.15) is 0 Å². The summed E-state index contributed by atoms with van der Waals surface area (Å²) < 4.78 is 0. The molecular formula is C8H9N3O. The molecule has 2 N–H and O–H groups in total. The lowest BCUT2D eigenvalue weighted by atomic mass is 10.2. The third kappa shape index (κ3) is 2.16. The Balaban J connectivity index is 2.89. The third-order valence-corrected chi connectivity index (χ3v) is 1.32. The summed E-state index contributed by atoms with van der Waals surface area (Å²) in [5, 5.41) is 0. The van der Waals surface area contributed by atoms with Crippen molar-refractivity contribution in [3.63, 3.8) is 0 Å². The number of nitrogens with two attached hydrogens (primary N) is 1. The fraction of sp³-hybridized carbons (Fsp3) is 0.125. The summed E-state index contributed by atoms with van der Waals surface area (Å²) in [5.74, 6) is 0.0382. The van der Waals surface area contributed by atoms with Crippen molar-refractivity contribution >= 4 is 12.0 Å². The number of rotatable bonds is 2. The second-order valence-corrected chi connectivity index (χ2v) is 2.30. The molecule has 1 aromatic heterocycles. The van der Waals surface area contributed by atoms with Gasteiger partial charge in [0.1, 0.15) is 0 Å². The lowest BCUT2D eigenvalue weighted by Gasteiger charge is -1.92. The van der Waals surface area contributed by atoms with Gasteiger partial charge in [-0.25, -0.2) is 9.97 Å². The molecule has 4 heteroatoms. The Kier molecular flexibility index (Phi) is 2.53. The average molecular weight is 163 g/mol. The first-order valence-corrected chi connectivity index (χ1v) is 3.45. The predicted molar refractivity (Wildman–Crippen MR) is 44.9 cm³/mol. The van der Waals surface area contributed by atoms with Crippen LogP contribution in [0.5, 0.6) is 0 Å². The number of aromatic nitrogens is 2. The quantitative estimate of drug-likeness (QED) is 0.640. The minimum absolute atomic E-state index is 0.446. The zero-order chi connectivity index (χ0) is 8.97. The Hall–Kier alpha value is -1.71. The first-order chi connectivity index (χ1) is 5.70. The van der Waals surface area contributed by atoms with Gasteiger partial charge in [0, 0.05) is 18.0 Å². The molecule has 1 rings (SSSR count). The fourth-order valence-electron chi connectivity index (χ4n) is 0.650. The highest BCUT2D eigenvalue weighted by atomic mass is 16.1. The van der Waals surface area contributed by atoms with Gasteiger partial charge in [0.15, 0.2) is 5.82 Å². The van der Waals surface area contributed by atoms with Crippen molar-refractivity contribution in [2.45, 2.75) is 6.92 Å². The van der Waals surface area contributed by atoms with Crippen LogP contribution in [-0.2, 0) is 4.79 Å². The Bertz CT molecular complexity index is 305. The highest BCUT2D eigenvalue weighted by Gasteiger charge is 1.97. The first-order valence-electron chi connectivity index (χ1n) is 3.45. The summed E-state index contributed by atoms with van der Waals surface area (Å²) in [7, 11) is 0. The summed E-state index contributed by atoms with van der Waals surface area (Å²) >= 11 is 0. The fourth-order valence-corrected chi connectivity index (χ4v) is 0.650. The van der Waals surface area contributed by atoms with Crippen molar-refractivity contribution in [3.05, 3.63) is 29.9 Å². The lowest BCUT2D eigenvalue weighted by Crippen LogP contribution is -2.11. The van der Waals surface area contributed by atoms with Gasteiger partial charge in [0.25, 0.3) is 0 Å². The average Bonchev–Trinajstić information content (AvgIpc) is 2.06. The van der Waals surface area contributed by atoms with Crippen LogP contribution in [0.1, 0.15) is 12.7 Å². The Morgan fingerprint density at radius 2 is 2.08 bits per heavy atom. The van der Waals surface area contributed by atoms with E-state index in [1.54, 1.807) is 31.5 Å². The van der Waals surface area contributed by atoms with Crippen LogP contribution in [0.25, 0.3) is 6.08 Å². The van der Waals surface area contributed by atoms with Gasteiger partial charge >= 0.3 is 0 Å². The van der Waals surface area contributed by atoms with Crippen molar-refractivity contribution in [1.82, 2.24) is 9.97 Å². The molecule has 0 aliphatic carbocycles. The number of nitrogens with zero attached hydrogens (tertiary/aromatic N) is 2. The standard InChI is InChI=1S/C8H9N3O/c1-6(8(9)12)5-7-10-3-2-4-11-7/h2-5H,1H3,(H2,9,12). The molecule has 0 unspecified atom stereocenters. The Morgan fingerprint density at radius 1 is 1.50 bits per heavy atom. The van der Waals surface area contributed by atoms with Crippen LogP contribution in [0.2, 0.25) is 0 Å². The van der Waals surface area contributed by atoms with Crippen LogP contribution < -0.4 is 5.73 Å². The van der Waals surface area contributed by atoms with Crippen molar-refractivity contribution in [3.8, 4) is 0 Å². The molecule has 1 aromatic rings. The van der Waals surface area contributed by atoms with Crippen molar-refractivity contribution in [2.75, 3.05) is 0 Å². The maximum Gasteiger partial charge on any atom is 0.244 e. The summed E-state index contributed by atoms with van der Waals surface area (Å²) in [6.45, 7) is 1.62. The van der Waals surface area contributed by atoms with Crippen LogP contribution in [0.4, 0.5) is 0 Å². The number of carbonyl (C=O) groups excluding carboxylic acids is 1. The van der Waals surface area contributed by atoms with Crippen LogP contribution >= 0.6 is 0 Å². The topological polar surface area (TPSA) is 68.9 Å². The summed E-state index contributed by atoms with van der Waals surface area (Å²) in [6, 6.07) is 1.71. The second kappa shape index (κ2) is 3.61. The van der Waals surface area contributed by atoms with Crippen LogP contribution in [-0.4, -0.2) is 15.9 Å². The predicted octanol–water partition coefficient (Wildman–Crippen LogP) is 0.365. The third-order valence-electron chi connectivity index (χ3n) is 1.32. The molecule has 0 saturated carbocycles. The van der Waals surface area contributed by atoms with E-state index in [9.17, 15) is 4.79 Å². The van der Waals surface area contributed by atoms with E-state index >= 15 is 0 Å². The van der Waals surface area contributed by atoms with Crippen LogP contribution in [0, 0.1) is 0 Å². The molecule has 0 aromatic carbocycles. The van der Waals surface area contributed by atoms with E-state index in [-0.39, 0.29) is 0 Å². The number of primary amides is 1. The number of carbonyl (C=O) groups is 1. The van der Waals surface area contributed by atoms with Crippen LogP contribution in [0.15, 0.2) is 24.0 Å². The molecule has 1 heterocycles. The van der Waals surface area contributed by atoms with Crippen molar-refractivity contribution in [1.29, 1.82) is 0 Å². The first kappa shape index (κ1) is 8.39. The maximum absolute atomic E-state index is 10.6. The molecule has 0 fully saturated rings. The van der Waals surface area contributed by atoms with Gasteiger partial charge < -0.3 is 5.73 Å². The van der Waals surface area contributed by atoms with E-state index in [4.69, 9.17) is 5.73 Å². The lowest BCUT2D eigenvalue weighted by molar-refractivity contribution is -0.114. The van der Waals surface area contributed by atoms with Crippen molar-refractivity contribution < 1.29 is 4.79 Å². The molecule has 0 atom stereocenters. The molecule has 1 amide bonds. The van der Waals surface area contributed by atoms with E-state index < -0.39 is 5.91 Å². The maximum atomic E-state index is 10.6. The van der Waals surface area contributed by atoms with Gasteiger partial charge in [-0.05, 0) is 19.1 Å². The Morgan fingerprint density at radius 3 is 2.58 bits per heavy atom. The molecule has 0 spiro atoms. The summed E-state index contributed by atoms with van der Waals surface area (Å²) in [6.07, 6.45) is 4.75. The number of hydrogen-bond donors (Lipinski definition) is 1. The SMILES string of the molecule is CC(=Cc1ncccn1)C(N)=O. The molecule has 0 radical (unpaired) electrons. The molecule has 12 heavy (non-hydrogen) atoms. The number of amides is 1. The van der Waals surface area contributed by atoms with E-state index in [0.29, 0.717) is 11.4 Å². The second-order valence-electron chi connectivity index (χ2n) is 2.30. The van der Waals surface area contributed by atoms with Gasteiger partial charge in [-0.3, -0.25) is 4.79 Å². The largest absolute Gasteiger partial charge is 0.366 e. The van der Waals surface area contributed by atoms with E-state index in [1.165, 1.54) is 0 Å². The number of hydrogen-bond acceptors (Lipinski definition) is 3. The minimum atomic E-state index is -0.456. The zero-order valence-electron chi connectivity index (χ0n) is 6.69.